The lowest BCUT2D eigenvalue weighted by Crippen LogP contribution is -2.39. The minimum atomic E-state index is -3.50. The van der Waals surface area contributed by atoms with Crippen LogP contribution in [0, 0.1) is 5.41 Å². The Hall–Kier alpha value is -1.69. The lowest BCUT2D eigenvalue weighted by atomic mass is 10.00. The third-order valence-electron chi connectivity index (χ3n) is 5.75. The quantitative estimate of drug-likeness (QED) is 0.111. The number of aliphatic hydroxyl groups is 1. The van der Waals surface area contributed by atoms with Crippen LogP contribution in [0.25, 0.3) is 11.2 Å². The third kappa shape index (κ3) is 8.27. The highest BCUT2D eigenvalue weighted by Gasteiger charge is 2.58. The Morgan fingerprint density at radius 3 is 2.62 bits per heavy atom. The molecule has 0 spiro atoms. The molecule has 19 heteroatoms. The molecule has 0 bridgehead atoms. The number of carbonyl (C=O) groups excluding carboxylic acids is 2. The van der Waals surface area contributed by atoms with Gasteiger partial charge in [0.05, 0.1) is 25.6 Å². The summed E-state index contributed by atoms with van der Waals surface area (Å²) in [4.78, 5) is 36.6. The summed E-state index contributed by atoms with van der Waals surface area (Å²) in [6.45, 7) is 6.31. The van der Waals surface area contributed by atoms with Crippen molar-refractivity contribution in [2.24, 2.45) is 5.41 Å². The van der Waals surface area contributed by atoms with E-state index in [1.807, 2.05) is 0 Å². The van der Waals surface area contributed by atoms with E-state index in [1.54, 1.807) is 34.6 Å². The van der Waals surface area contributed by atoms with Crippen LogP contribution in [0.15, 0.2) is 6.33 Å². The molecule has 0 aromatic carbocycles. The predicted molar refractivity (Wildman–Crippen MR) is 161 cm³/mol. The first-order valence-electron chi connectivity index (χ1n) is 12.9. The molecule has 3 heterocycles. The molecule has 6 atom stereocenters. The molecule has 0 saturated carbocycles. The van der Waals surface area contributed by atoms with E-state index < -0.39 is 54.2 Å². The van der Waals surface area contributed by atoms with Gasteiger partial charge in [0.2, 0.25) is 5.95 Å². The van der Waals surface area contributed by atoms with Crippen molar-refractivity contribution in [2.45, 2.75) is 77.3 Å². The molecule has 14 nitrogen and oxygen atoms in total. The summed E-state index contributed by atoms with van der Waals surface area (Å²) in [6.07, 6.45) is -4.05. The first kappa shape index (κ1) is 34.8. The van der Waals surface area contributed by atoms with Crippen LogP contribution in [0.3, 0.4) is 0 Å². The molecule has 6 N–H and O–H groups in total. The Balaban J connectivity index is 1.76. The number of hydrogen-bond acceptors (Lipinski definition) is 14. The van der Waals surface area contributed by atoms with Crippen LogP contribution in [-0.4, -0.2) is 84.2 Å². The second-order valence-electron chi connectivity index (χ2n) is 10.8. The molecular weight excluding hydrogens is 636 g/mol. The van der Waals surface area contributed by atoms with Crippen LogP contribution < -0.4 is 16.6 Å². The Labute approximate surface area is 256 Å². The number of carbonyl (C=O) groups is 2. The smallest absolute Gasteiger partial charge is 0.323 e. The molecule has 2 aromatic rings. The van der Waals surface area contributed by atoms with Gasteiger partial charge >= 0.3 is 5.97 Å². The van der Waals surface area contributed by atoms with Gasteiger partial charge in [-0.05, 0) is 32.6 Å². The van der Waals surface area contributed by atoms with Gasteiger partial charge in [-0.3, -0.25) is 14.2 Å². The Kier molecular flexibility index (Phi) is 11.2. The summed E-state index contributed by atoms with van der Waals surface area (Å²) in [5.41, 5.74) is 11.1. The number of alkyl halides is 2. The van der Waals surface area contributed by atoms with Crippen molar-refractivity contribution in [3.8, 4) is 0 Å². The van der Waals surface area contributed by atoms with Crippen LogP contribution in [0.4, 0.5) is 16.2 Å². The first-order chi connectivity index (χ1) is 19.4. The number of rotatable bonds is 12. The molecule has 0 aliphatic carbocycles. The maximum atomic E-state index is 15.7. The molecule has 236 valence electrons. The lowest BCUT2D eigenvalue weighted by molar-refractivity contribution is -0.149. The zero-order chi connectivity index (χ0) is 31.6. The van der Waals surface area contributed by atoms with Crippen molar-refractivity contribution < 1.29 is 37.6 Å². The van der Waals surface area contributed by atoms with Gasteiger partial charge in [0.25, 0.3) is 11.8 Å². The fraction of sp³-hybridized carbons (Fsp3) is 0.696. The summed E-state index contributed by atoms with van der Waals surface area (Å²) < 4.78 is 39.5. The number of thioether (sulfide) groups is 1. The number of aliphatic hydroxyl groups excluding tert-OH is 1. The van der Waals surface area contributed by atoms with E-state index in [9.17, 15) is 14.7 Å². The zero-order valence-electron chi connectivity index (χ0n) is 23.9. The van der Waals surface area contributed by atoms with Crippen LogP contribution >= 0.6 is 30.0 Å². The minimum Gasteiger partial charge on any atom is -0.462 e. The summed E-state index contributed by atoms with van der Waals surface area (Å²) >= 11 is 12.8. The van der Waals surface area contributed by atoms with E-state index in [4.69, 9.17) is 53.4 Å². The van der Waals surface area contributed by atoms with Gasteiger partial charge in [-0.2, -0.15) is 9.97 Å². The highest BCUT2D eigenvalue weighted by atomic mass is 35.5. The molecule has 42 heavy (non-hydrogen) atoms. The second kappa shape index (κ2) is 13.5. The van der Waals surface area contributed by atoms with Crippen molar-refractivity contribution >= 4 is 75.8 Å². The molecule has 0 radical (unpaired) electrons. The lowest BCUT2D eigenvalue weighted by Gasteiger charge is -2.28. The molecule has 1 saturated heterocycles. The molecule has 1 aliphatic rings. The van der Waals surface area contributed by atoms with Gasteiger partial charge in [0.15, 0.2) is 22.8 Å². The van der Waals surface area contributed by atoms with Crippen LogP contribution in [-0.2, 0) is 39.9 Å². The van der Waals surface area contributed by atoms with Crippen molar-refractivity contribution in [1.29, 1.82) is 0 Å². The fourth-order valence-corrected chi connectivity index (χ4v) is 7.21. The normalized spacial score (nSPS) is 25.0. The van der Waals surface area contributed by atoms with Crippen LogP contribution in [0.5, 0.6) is 0 Å². The van der Waals surface area contributed by atoms with Crippen molar-refractivity contribution in [2.75, 3.05) is 30.4 Å². The van der Waals surface area contributed by atoms with Gasteiger partial charge in [-0.1, -0.05) is 44.1 Å². The van der Waals surface area contributed by atoms with E-state index in [-0.39, 0.29) is 46.5 Å². The van der Waals surface area contributed by atoms with E-state index in [0.717, 1.165) is 16.3 Å². The number of aromatic nitrogens is 4. The summed E-state index contributed by atoms with van der Waals surface area (Å²) in [5, 5.41) is 10.7. The van der Waals surface area contributed by atoms with E-state index in [2.05, 4.69) is 20.0 Å². The number of anilines is 2. The topological polar surface area (TPSA) is 199 Å². The predicted octanol–water partition coefficient (Wildman–Crippen LogP) is 2.65. The van der Waals surface area contributed by atoms with Gasteiger partial charge in [-0.15, -0.1) is 0 Å². The molecule has 2 aromatic heterocycles. The van der Waals surface area contributed by atoms with Crippen molar-refractivity contribution in [3.63, 3.8) is 0 Å². The summed E-state index contributed by atoms with van der Waals surface area (Å²) in [7, 11) is 0. The molecular formula is C23H36ClFN7O7PS2. The molecule has 6 unspecified atom stereocenters. The average Bonchev–Trinajstić information content (AvgIpc) is 3.37. The largest absolute Gasteiger partial charge is 0.462 e. The number of ether oxygens (including phenoxy) is 2. The van der Waals surface area contributed by atoms with Gasteiger partial charge in [0, 0.05) is 11.2 Å². The number of nitrogen functional groups attached to an aromatic ring is 2. The molecule has 1 fully saturated rings. The SMILES string of the molecule is CC(C)OC(=O)C(C)NP(=S)(OCCSC(=O)C(C)(C)C)OCC1OC(n2cnc3c(N)nc(N)nc32)C(F)(Cl)C1O. The van der Waals surface area contributed by atoms with E-state index >= 15 is 4.39 Å². The third-order valence-corrected chi connectivity index (χ3v) is 10.1. The number of esters is 1. The number of halogens is 2. The van der Waals surface area contributed by atoms with Gasteiger partial charge < -0.3 is 35.1 Å². The minimum absolute atomic E-state index is 0.00839. The van der Waals surface area contributed by atoms with E-state index in [0.29, 0.717) is 0 Å². The van der Waals surface area contributed by atoms with Crippen molar-refractivity contribution in [1.82, 2.24) is 24.6 Å². The number of nitrogens with zero attached hydrogens (tertiary/aromatic N) is 4. The summed E-state index contributed by atoms with van der Waals surface area (Å²) in [5.74, 6) is -0.566. The Morgan fingerprint density at radius 1 is 1.33 bits per heavy atom. The monoisotopic (exact) mass is 671 g/mol. The standard InChI is InChI=1S/C23H36ClFN7O7PS2/c1-11(2)38-18(34)12(3)31-40(41,36-7-8-42-20(35)22(4,5)6)37-9-13-15(33)23(24,25)19(39-13)32-10-28-14-16(26)29-21(27)30-17(14)32/h10-13,15,19,33H,7-9H2,1-6H3,(H,31,41)(H4,26,27,29,30). The number of nitrogens with one attached hydrogen (secondary N) is 1. The van der Waals surface area contributed by atoms with E-state index in [1.165, 1.54) is 13.3 Å². The van der Waals surface area contributed by atoms with Crippen LogP contribution in [0.2, 0.25) is 0 Å². The second-order valence-corrected chi connectivity index (χ2v) is 15.6. The number of hydrogen-bond donors (Lipinski definition) is 4. The highest BCUT2D eigenvalue weighted by molar-refractivity contribution is 8.13. The number of imidazole rings is 1. The zero-order valence-corrected chi connectivity index (χ0v) is 27.2. The maximum absolute atomic E-state index is 15.7. The molecule has 1 aliphatic heterocycles. The highest BCUT2D eigenvalue weighted by Crippen LogP contribution is 2.49. The van der Waals surface area contributed by atoms with Gasteiger partial charge in [0.1, 0.15) is 23.8 Å². The summed E-state index contributed by atoms with van der Waals surface area (Å²) in [6, 6.07) is -0.939. The Morgan fingerprint density at radius 2 is 2.00 bits per heavy atom. The average molecular weight is 672 g/mol. The van der Waals surface area contributed by atoms with Crippen LogP contribution in [0.1, 0.15) is 47.8 Å². The molecule has 0 amide bonds. The number of fused-ring (bicyclic) bond motifs is 1. The van der Waals surface area contributed by atoms with Gasteiger partial charge in [-0.25, -0.2) is 14.5 Å². The first-order valence-corrected chi connectivity index (χ1v) is 16.9. The van der Waals surface area contributed by atoms with Crippen molar-refractivity contribution in [3.05, 3.63) is 6.33 Å². The Bertz CT molecular complexity index is 1350. The molecule has 3 rings (SSSR count). The number of nitrogens with two attached hydrogens (primary N) is 2. The maximum Gasteiger partial charge on any atom is 0.323 e. The fourth-order valence-electron chi connectivity index (χ4n) is 3.65.